The van der Waals surface area contributed by atoms with E-state index in [0.717, 1.165) is 42.5 Å². The summed E-state index contributed by atoms with van der Waals surface area (Å²) in [5, 5.41) is 8.27. The zero-order valence-electron chi connectivity index (χ0n) is 12.1. The zero-order chi connectivity index (χ0) is 14.7. The van der Waals surface area contributed by atoms with Gasteiger partial charge in [0, 0.05) is 31.1 Å². The van der Waals surface area contributed by atoms with E-state index in [1.807, 2.05) is 24.3 Å². The molecule has 1 fully saturated rings. The second-order valence-corrected chi connectivity index (χ2v) is 5.75. The van der Waals surface area contributed by atoms with E-state index in [1.54, 1.807) is 0 Å². The summed E-state index contributed by atoms with van der Waals surface area (Å²) >= 11 is 6.15. The molecule has 1 atom stereocenters. The van der Waals surface area contributed by atoms with Gasteiger partial charge in [0.1, 0.15) is 0 Å². The lowest BCUT2D eigenvalue weighted by atomic mass is 10.1. The highest BCUT2D eigenvalue weighted by Gasteiger charge is 2.25. The summed E-state index contributed by atoms with van der Waals surface area (Å²) in [7, 11) is 2.09. The Balaban J connectivity index is 1.64. The number of hydrogen-bond acceptors (Lipinski definition) is 5. The van der Waals surface area contributed by atoms with Gasteiger partial charge in [0.2, 0.25) is 5.89 Å². The molecule has 1 saturated heterocycles. The lowest BCUT2D eigenvalue weighted by molar-refractivity contribution is 0.190. The van der Waals surface area contributed by atoms with Crippen LogP contribution in [0.25, 0.3) is 0 Å². The molecule has 21 heavy (non-hydrogen) atoms. The predicted molar refractivity (Wildman–Crippen MR) is 81.4 cm³/mol. The number of hydrogen-bond donors (Lipinski definition) is 1. The maximum atomic E-state index is 6.15. The first-order valence-corrected chi connectivity index (χ1v) is 7.58. The fourth-order valence-electron chi connectivity index (χ4n) is 2.54. The summed E-state index contributed by atoms with van der Waals surface area (Å²) in [4.78, 5) is 6.78. The molecule has 2 aromatic rings. The first-order valence-electron chi connectivity index (χ1n) is 7.21. The van der Waals surface area contributed by atoms with Crippen LogP contribution in [0.2, 0.25) is 5.02 Å². The Kier molecular flexibility index (Phi) is 4.53. The summed E-state index contributed by atoms with van der Waals surface area (Å²) in [5.74, 6) is 1.43. The smallest absolute Gasteiger partial charge is 0.227 e. The van der Waals surface area contributed by atoms with Crippen LogP contribution in [0.1, 0.15) is 23.3 Å². The standard InChI is InChI=1S/C15H19ClN4O/c1-20-9-8-17-10-13(20)15-18-14(21-19-15)7-6-11-4-2-3-5-12(11)16/h2-5,13,17H,6-10H2,1H3. The molecule has 1 aromatic carbocycles. The van der Waals surface area contributed by atoms with Gasteiger partial charge in [0.05, 0.1) is 6.04 Å². The Labute approximate surface area is 129 Å². The minimum absolute atomic E-state index is 0.191. The molecule has 0 amide bonds. The number of piperazine rings is 1. The largest absolute Gasteiger partial charge is 0.339 e. The van der Waals surface area contributed by atoms with Crippen molar-refractivity contribution in [3.63, 3.8) is 0 Å². The molecule has 2 heterocycles. The molecule has 0 spiro atoms. The van der Waals surface area contributed by atoms with E-state index in [4.69, 9.17) is 16.1 Å². The molecule has 0 aliphatic carbocycles. The van der Waals surface area contributed by atoms with Crippen LogP contribution >= 0.6 is 11.6 Å². The Bertz CT molecular complexity index is 601. The van der Waals surface area contributed by atoms with Crippen LogP contribution in [0.5, 0.6) is 0 Å². The van der Waals surface area contributed by atoms with Gasteiger partial charge in [-0.3, -0.25) is 4.90 Å². The van der Waals surface area contributed by atoms with Crippen molar-refractivity contribution in [2.24, 2.45) is 0 Å². The predicted octanol–water partition coefficient (Wildman–Crippen LogP) is 2.08. The molecule has 5 nitrogen and oxygen atoms in total. The molecule has 0 bridgehead atoms. The number of aromatic nitrogens is 2. The van der Waals surface area contributed by atoms with Gasteiger partial charge in [-0.2, -0.15) is 4.98 Å². The van der Waals surface area contributed by atoms with Crippen molar-refractivity contribution in [3.05, 3.63) is 46.6 Å². The lowest BCUT2D eigenvalue weighted by Gasteiger charge is -2.30. The maximum Gasteiger partial charge on any atom is 0.227 e. The Morgan fingerprint density at radius 3 is 3.05 bits per heavy atom. The SMILES string of the molecule is CN1CCNCC1c1noc(CCc2ccccc2Cl)n1. The van der Waals surface area contributed by atoms with Gasteiger partial charge < -0.3 is 9.84 Å². The summed E-state index contributed by atoms with van der Waals surface area (Å²) in [6, 6.07) is 8.04. The quantitative estimate of drug-likeness (QED) is 0.937. The monoisotopic (exact) mass is 306 g/mol. The van der Waals surface area contributed by atoms with Crippen molar-refractivity contribution in [3.8, 4) is 0 Å². The van der Waals surface area contributed by atoms with Gasteiger partial charge in [-0.05, 0) is 25.1 Å². The highest BCUT2D eigenvalue weighted by Crippen LogP contribution is 2.19. The van der Waals surface area contributed by atoms with Crippen LogP contribution < -0.4 is 5.32 Å². The van der Waals surface area contributed by atoms with Crippen molar-refractivity contribution in [2.45, 2.75) is 18.9 Å². The fourth-order valence-corrected chi connectivity index (χ4v) is 2.77. The third-order valence-electron chi connectivity index (χ3n) is 3.86. The number of nitrogens with zero attached hydrogens (tertiary/aromatic N) is 3. The molecule has 3 rings (SSSR count). The Morgan fingerprint density at radius 2 is 2.24 bits per heavy atom. The first kappa shape index (κ1) is 14.5. The van der Waals surface area contributed by atoms with Gasteiger partial charge in [-0.1, -0.05) is 35.0 Å². The van der Waals surface area contributed by atoms with E-state index >= 15 is 0 Å². The van der Waals surface area contributed by atoms with Gasteiger partial charge in [0.15, 0.2) is 5.82 Å². The zero-order valence-corrected chi connectivity index (χ0v) is 12.8. The number of aryl methyl sites for hydroxylation is 2. The number of nitrogens with one attached hydrogen (secondary N) is 1. The number of benzene rings is 1. The lowest BCUT2D eigenvalue weighted by Crippen LogP contribution is -2.44. The van der Waals surface area contributed by atoms with Crippen LogP contribution in [0, 0.1) is 0 Å². The molecule has 6 heteroatoms. The van der Waals surface area contributed by atoms with Crippen LogP contribution in [0.15, 0.2) is 28.8 Å². The second-order valence-electron chi connectivity index (χ2n) is 5.34. The van der Waals surface area contributed by atoms with Gasteiger partial charge in [-0.25, -0.2) is 0 Å². The molecule has 1 aliphatic rings. The normalized spacial score (nSPS) is 19.8. The summed E-state index contributed by atoms with van der Waals surface area (Å²) in [5.41, 5.74) is 1.11. The van der Waals surface area contributed by atoms with E-state index in [1.165, 1.54) is 0 Å². The third kappa shape index (κ3) is 3.43. The average molecular weight is 307 g/mol. The van der Waals surface area contributed by atoms with E-state index in [9.17, 15) is 0 Å². The molecule has 1 unspecified atom stereocenters. The van der Waals surface area contributed by atoms with Crippen LogP contribution in [0.4, 0.5) is 0 Å². The van der Waals surface area contributed by atoms with Crippen molar-refractivity contribution in [1.82, 2.24) is 20.4 Å². The molecule has 1 aromatic heterocycles. The van der Waals surface area contributed by atoms with Crippen molar-refractivity contribution >= 4 is 11.6 Å². The maximum absolute atomic E-state index is 6.15. The van der Waals surface area contributed by atoms with Crippen molar-refractivity contribution in [1.29, 1.82) is 0 Å². The van der Waals surface area contributed by atoms with Crippen LogP contribution in [-0.4, -0.2) is 41.7 Å². The second kappa shape index (κ2) is 6.56. The molecule has 0 radical (unpaired) electrons. The fraction of sp³-hybridized carbons (Fsp3) is 0.467. The van der Waals surface area contributed by atoms with E-state index in [0.29, 0.717) is 12.3 Å². The van der Waals surface area contributed by atoms with Crippen LogP contribution in [-0.2, 0) is 12.8 Å². The number of likely N-dealkylation sites (N-methyl/N-ethyl adjacent to an activating group) is 1. The molecule has 1 N–H and O–H groups in total. The van der Waals surface area contributed by atoms with Crippen molar-refractivity contribution < 1.29 is 4.52 Å². The number of rotatable bonds is 4. The molecule has 0 saturated carbocycles. The van der Waals surface area contributed by atoms with Gasteiger partial charge >= 0.3 is 0 Å². The van der Waals surface area contributed by atoms with Gasteiger partial charge in [0.25, 0.3) is 0 Å². The highest BCUT2D eigenvalue weighted by atomic mass is 35.5. The Morgan fingerprint density at radius 1 is 1.38 bits per heavy atom. The first-order chi connectivity index (χ1) is 10.2. The topological polar surface area (TPSA) is 54.2 Å². The van der Waals surface area contributed by atoms with Crippen molar-refractivity contribution in [2.75, 3.05) is 26.7 Å². The molecule has 1 aliphatic heterocycles. The molecular formula is C15H19ClN4O. The molecule has 112 valence electrons. The average Bonchev–Trinajstić information content (AvgIpc) is 2.96. The third-order valence-corrected chi connectivity index (χ3v) is 4.23. The van der Waals surface area contributed by atoms with Gasteiger partial charge in [-0.15, -0.1) is 0 Å². The molecular weight excluding hydrogens is 288 g/mol. The van der Waals surface area contributed by atoms with E-state index in [-0.39, 0.29) is 6.04 Å². The minimum Gasteiger partial charge on any atom is -0.339 e. The minimum atomic E-state index is 0.191. The number of halogens is 1. The summed E-state index contributed by atoms with van der Waals surface area (Å²) in [6.45, 7) is 2.86. The highest BCUT2D eigenvalue weighted by molar-refractivity contribution is 6.31. The Hall–Kier alpha value is -1.43. The van der Waals surface area contributed by atoms with E-state index in [2.05, 4.69) is 27.4 Å². The summed E-state index contributed by atoms with van der Waals surface area (Å²) < 4.78 is 5.37. The summed E-state index contributed by atoms with van der Waals surface area (Å²) in [6.07, 6.45) is 1.51. The van der Waals surface area contributed by atoms with Crippen LogP contribution in [0.3, 0.4) is 0 Å². The van der Waals surface area contributed by atoms with E-state index < -0.39 is 0 Å².